The summed E-state index contributed by atoms with van der Waals surface area (Å²) in [6.07, 6.45) is -0.556. The fraction of sp³-hybridized carbons (Fsp3) is 0.0556. The monoisotopic (exact) mass is 293 g/mol. The van der Waals surface area contributed by atoms with Crippen molar-refractivity contribution in [1.29, 1.82) is 0 Å². The van der Waals surface area contributed by atoms with E-state index in [-0.39, 0.29) is 12.4 Å². The average molecular weight is 293 g/mol. The maximum absolute atomic E-state index is 11.9. The first kappa shape index (κ1) is 13.9. The molecule has 0 fully saturated rings. The molecule has 0 saturated carbocycles. The lowest BCUT2D eigenvalue weighted by Crippen LogP contribution is -2.13. The first-order valence-corrected chi connectivity index (χ1v) is 6.92. The number of aromatic hydroxyl groups is 1. The van der Waals surface area contributed by atoms with Crippen LogP contribution in [-0.2, 0) is 11.3 Å². The molecule has 3 aromatic rings. The van der Waals surface area contributed by atoms with Gasteiger partial charge >= 0.3 is 6.09 Å². The Morgan fingerprint density at radius 1 is 0.955 bits per heavy atom. The number of anilines is 1. The molecule has 0 heterocycles. The average Bonchev–Trinajstić information content (AvgIpc) is 2.54. The van der Waals surface area contributed by atoms with E-state index in [1.54, 1.807) is 18.2 Å². The number of fused-ring (bicyclic) bond motifs is 1. The summed E-state index contributed by atoms with van der Waals surface area (Å²) < 4.78 is 5.19. The van der Waals surface area contributed by atoms with Crippen LogP contribution in [-0.4, -0.2) is 11.2 Å². The molecule has 0 aliphatic heterocycles. The second kappa shape index (κ2) is 6.18. The number of phenolic OH excluding ortho intramolecular Hbond substituents is 1. The van der Waals surface area contributed by atoms with E-state index in [0.717, 1.165) is 10.9 Å². The van der Waals surface area contributed by atoms with E-state index in [2.05, 4.69) is 5.32 Å². The van der Waals surface area contributed by atoms with E-state index in [4.69, 9.17) is 4.74 Å². The van der Waals surface area contributed by atoms with E-state index in [1.165, 1.54) is 0 Å². The van der Waals surface area contributed by atoms with E-state index in [1.807, 2.05) is 48.5 Å². The molecule has 3 rings (SSSR count). The van der Waals surface area contributed by atoms with Crippen LogP contribution in [0.4, 0.5) is 10.5 Å². The number of benzene rings is 3. The zero-order valence-corrected chi connectivity index (χ0v) is 11.8. The fourth-order valence-electron chi connectivity index (χ4n) is 2.29. The van der Waals surface area contributed by atoms with Gasteiger partial charge in [-0.2, -0.15) is 0 Å². The van der Waals surface area contributed by atoms with E-state index in [0.29, 0.717) is 11.1 Å². The molecular weight excluding hydrogens is 278 g/mol. The molecule has 0 saturated heterocycles. The van der Waals surface area contributed by atoms with Gasteiger partial charge in [-0.15, -0.1) is 0 Å². The third-order valence-electron chi connectivity index (χ3n) is 3.33. The van der Waals surface area contributed by atoms with Gasteiger partial charge in [-0.1, -0.05) is 54.6 Å². The second-order valence-corrected chi connectivity index (χ2v) is 4.87. The summed E-state index contributed by atoms with van der Waals surface area (Å²) in [7, 11) is 0. The Morgan fingerprint density at radius 2 is 1.68 bits per heavy atom. The maximum atomic E-state index is 11.9. The molecule has 0 aliphatic rings. The van der Waals surface area contributed by atoms with Crippen LogP contribution in [0, 0.1) is 0 Å². The molecule has 0 aromatic heterocycles. The zero-order chi connectivity index (χ0) is 15.4. The summed E-state index contributed by atoms with van der Waals surface area (Å²) in [6, 6.07) is 20.1. The number of hydrogen-bond acceptors (Lipinski definition) is 3. The molecule has 1 amide bonds. The van der Waals surface area contributed by atoms with Crippen LogP contribution in [0.3, 0.4) is 0 Å². The maximum Gasteiger partial charge on any atom is 0.411 e. The van der Waals surface area contributed by atoms with Crippen LogP contribution in [0.15, 0.2) is 66.7 Å². The van der Waals surface area contributed by atoms with E-state index >= 15 is 0 Å². The van der Waals surface area contributed by atoms with Gasteiger partial charge in [-0.25, -0.2) is 4.79 Å². The number of carbonyl (C=O) groups excluding carboxylic acids is 1. The van der Waals surface area contributed by atoms with Crippen LogP contribution in [0.25, 0.3) is 10.8 Å². The Balaban J connectivity index is 1.74. The molecule has 0 spiro atoms. The van der Waals surface area contributed by atoms with Crippen LogP contribution in [0.2, 0.25) is 0 Å². The number of ether oxygens (including phenoxy) is 1. The highest BCUT2D eigenvalue weighted by atomic mass is 16.5. The zero-order valence-electron chi connectivity index (χ0n) is 11.8. The van der Waals surface area contributed by atoms with Gasteiger partial charge in [0.1, 0.15) is 12.4 Å². The van der Waals surface area contributed by atoms with Crippen molar-refractivity contribution in [2.75, 3.05) is 5.32 Å². The Morgan fingerprint density at radius 3 is 2.45 bits per heavy atom. The lowest BCUT2D eigenvalue weighted by Gasteiger charge is -2.10. The summed E-state index contributed by atoms with van der Waals surface area (Å²) in [4.78, 5) is 11.9. The highest BCUT2D eigenvalue weighted by Gasteiger charge is 2.09. The Bertz CT molecular complexity index is 795. The van der Waals surface area contributed by atoms with Gasteiger partial charge in [0.2, 0.25) is 0 Å². The molecule has 3 aromatic carbocycles. The van der Waals surface area contributed by atoms with E-state index < -0.39 is 6.09 Å². The molecule has 0 bridgehead atoms. The first-order valence-electron chi connectivity index (χ1n) is 6.92. The Labute approximate surface area is 128 Å². The molecule has 0 atom stereocenters. The number of amides is 1. The van der Waals surface area contributed by atoms with Crippen molar-refractivity contribution < 1.29 is 14.6 Å². The molecule has 4 heteroatoms. The van der Waals surface area contributed by atoms with Crippen LogP contribution in [0.5, 0.6) is 5.75 Å². The predicted molar refractivity (Wildman–Crippen MR) is 85.9 cm³/mol. The lowest BCUT2D eigenvalue weighted by molar-refractivity contribution is 0.155. The lowest BCUT2D eigenvalue weighted by atomic mass is 10.1. The second-order valence-electron chi connectivity index (χ2n) is 4.87. The number of rotatable bonds is 3. The number of nitrogens with one attached hydrogen (secondary N) is 1. The summed E-state index contributed by atoms with van der Waals surface area (Å²) in [5.41, 5.74) is 1.44. The summed E-state index contributed by atoms with van der Waals surface area (Å²) in [5, 5.41) is 14.1. The molecule has 0 unspecified atom stereocenters. The van der Waals surface area contributed by atoms with Gasteiger partial charge in [0.25, 0.3) is 0 Å². The number of hydrogen-bond donors (Lipinski definition) is 2. The fourth-order valence-corrected chi connectivity index (χ4v) is 2.29. The minimum absolute atomic E-state index is 0.122. The molecule has 110 valence electrons. The van der Waals surface area contributed by atoms with Crippen molar-refractivity contribution in [3.05, 3.63) is 72.3 Å². The molecule has 0 aliphatic carbocycles. The van der Waals surface area contributed by atoms with Crippen molar-refractivity contribution in [3.8, 4) is 5.75 Å². The molecule has 4 nitrogen and oxygen atoms in total. The number of carbonyl (C=O) groups is 1. The minimum atomic E-state index is -0.556. The minimum Gasteiger partial charge on any atom is -0.507 e. The third-order valence-corrected chi connectivity index (χ3v) is 3.33. The topological polar surface area (TPSA) is 58.6 Å². The summed E-state index contributed by atoms with van der Waals surface area (Å²) in [6.45, 7) is 0.198. The van der Waals surface area contributed by atoms with E-state index in [9.17, 15) is 9.90 Å². The molecule has 22 heavy (non-hydrogen) atoms. The first-order chi connectivity index (χ1) is 10.7. The number of phenols is 1. The van der Waals surface area contributed by atoms with Gasteiger partial charge in [-0.3, -0.25) is 5.32 Å². The van der Waals surface area contributed by atoms with Crippen LogP contribution in [0.1, 0.15) is 5.56 Å². The molecular formula is C18H15NO3. The van der Waals surface area contributed by atoms with Gasteiger partial charge in [0.05, 0.1) is 5.69 Å². The van der Waals surface area contributed by atoms with Gasteiger partial charge in [-0.05, 0) is 23.1 Å². The highest BCUT2D eigenvalue weighted by Crippen LogP contribution is 2.31. The smallest absolute Gasteiger partial charge is 0.411 e. The van der Waals surface area contributed by atoms with Gasteiger partial charge in [0.15, 0.2) is 0 Å². The Kier molecular flexibility index (Phi) is 3.92. The van der Waals surface area contributed by atoms with Gasteiger partial charge < -0.3 is 9.84 Å². The highest BCUT2D eigenvalue weighted by molar-refractivity contribution is 6.03. The van der Waals surface area contributed by atoms with Crippen molar-refractivity contribution in [1.82, 2.24) is 0 Å². The largest absolute Gasteiger partial charge is 0.507 e. The van der Waals surface area contributed by atoms with Crippen molar-refractivity contribution in [2.24, 2.45) is 0 Å². The summed E-state index contributed by atoms with van der Waals surface area (Å²) in [5.74, 6) is 0.122. The molecule has 2 N–H and O–H groups in total. The van der Waals surface area contributed by atoms with Crippen LogP contribution < -0.4 is 5.32 Å². The SMILES string of the molecule is O=C(Nc1cccc2cccc(O)c12)OCc1ccccc1. The summed E-state index contributed by atoms with van der Waals surface area (Å²) >= 11 is 0. The van der Waals surface area contributed by atoms with Crippen molar-refractivity contribution in [2.45, 2.75) is 6.61 Å². The van der Waals surface area contributed by atoms with Crippen molar-refractivity contribution in [3.63, 3.8) is 0 Å². The van der Waals surface area contributed by atoms with Gasteiger partial charge in [0, 0.05) is 5.39 Å². The predicted octanol–water partition coefficient (Wildman–Crippen LogP) is 4.29. The quantitative estimate of drug-likeness (QED) is 0.757. The Hall–Kier alpha value is -3.01. The standard InChI is InChI=1S/C18H15NO3/c20-16-11-5-9-14-8-4-10-15(17(14)16)19-18(21)22-12-13-6-2-1-3-7-13/h1-11,20H,12H2,(H,19,21). The van der Waals surface area contributed by atoms with Crippen LogP contribution >= 0.6 is 0 Å². The normalized spacial score (nSPS) is 10.4. The molecule has 0 radical (unpaired) electrons. The van der Waals surface area contributed by atoms with Crippen molar-refractivity contribution >= 4 is 22.6 Å². The third kappa shape index (κ3) is 3.01.